The quantitative estimate of drug-likeness (QED) is 0.404. The van der Waals surface area contributed by atoms with Gasteiger partial charge in [0.25, 0.3) is 5.91 Å². The number of furan rings is 1. The Labute approximate surface area is 158 Å². The van der Waals surface area contributed by atoms with Crippen LogP contribution in [0.2, 0.25) is 0 Å². The number of nitrogens with zero attached hydrogens (tertiary/aromatic N) is 2. The van der Waals surface area contributed by atoms with E-state index in [1.165, 1.54) is 18.4 Å². The molecule has 0 spiro atoms. The molecule has 1 aromatic carbocycles. The average Bonchev–Trinajstić information content (AvgIpc) is 3.20. The number of carbonyl (C=O) groups excluding carboxylic acids is 2. The molecule has 7 heteroatoms. The van der Waals surface area contributed by atoms with Crippen molar-refractivity contribution in [2.75, 3.05) is 24.5 Å². The number of hydrogen-bond donors (Lipinski definition) is 2. The summed E-state index contributed by atoms with van der Waals surface area (Å²) in [5, 5.41) is 6.37. The minimum atomic E-state index is -0.411. The summed E-state index contributed by atoms with van der Waals surface area (Å²) in [5.41, 5.74) is 4.40. The Bertz CT molecular complexity index is 776. The minimum Gasteiger partial charge on any atom is -0.465 e. The predicted molar refractivity (Wildman–Crippen MR) is 106 cm³/mol. The first-order valence-corrected chi connectivity index (χ1v) is 8.78. The molecule has 7 nitrogen and oxygen atoms in total. The molecule has 2 amide bonds. The number of nitrogens with one attached hydrogen (secondary N) is 2. The first-order chi connectivity index (χ1) is 13.1. The maximum atomic E-state index is 11.7. The van der Waals surface area contributed by atoms with Gasteiger partial charge in [0.05, 0.1) is 19.0 Å². The Hall–Kier alpha value is -3.35. The van der Waals surface area contributed by atoms with Crippen molar-refractivity contribution in [3.63, 3.8) is 0 Å². The van der Waals surface area contributed by atoms with E-state index in [0.717, 1.165) is 24.3 Å². The molecule has 2 rings (SSSR count). The van der Waals surface area contributed by atoms with E-state index in [2.05, 4.69) is 34.6 Å². The fourth-order valence-electron chi connectivity index (χ4n) is 2.35. The van der Waals surface area contributed by atoms with E-state index >= 15 is 0 Å². The second kappa shape index (κ2) is 10.6. The molecule has 2 N–H and O–H groups in total. The third kappa shape index (κ3) is 6.81. The smallest absolute Gasteiger partial charge is 0.259 e. The molecule has 1 aromatic heterocycles. The van der Waals surface area contributed by atoms with E-state index in [0.29, 0.717) is 5.76 Å². The third-order valence-electron chi connectivity index (χ3n) is 3.79. The lowest BCUT2D eigenvalue weighted by atomic mass is 10.2. The van der Waals surface area contributed by atoms with Gasteiger partial charge in [-0.15, -0.1) is 0 Å². The van der Waals surface area contributed by atoms with Gasteiger partial charge in [0.2, 0.25) is 5.91 Å². The zero-order valence-electron chi connectivity index (χ0n) is 15.5. The molecule has 27 heavy (non-hydrogen) atoms. The molecule has 0 atom stereocenters. The van der Waals surface area contributed by atoms with E-state index in [-0.39, 0.29) is 6.54 Å². The van der Waals surface area contributed by atoms with Gasteiger partial charge < -0.3 is 14.6 Å². The molecule has 1 heterocycles. The minimum absolute atomic E-state index is 0.167. The fraction of sp³-hybridized carbons (Fsp3) is 0.250. The topological polar surface area (TPSA) is 86.9 Å². The highest BCUT2D eigenvalue weighted by atomic mass is 16.3. The van der Waals surface area contributed by atoms with Crippen molar-refractivity contribution in [1.29, 1.82) is 0 Å². The average molecular weight is 368 g/mol. The Morgan fingerprint density at radius 1 is 1.15 bits per heavy atom. The van der Waals surface area contributed by atoms with Crippen molar-refractivity contribution >= 4 is 29.8 Å². The highest BCUT2D eigenvalue weighted by molar-refractivity contribution is 5.94. The zero-order valence-corrected chi connectivity index (χ0v) is 15.5. The molecule has 0 bridgehead atoms. The van der Waals surface area contributed by atoms with Gasteiger partial charge in [-0.2, -0.15) is 5.10 Å². The lowest BCUT2D eigenvalue weighted by Gasteiger charge is -2.20. The first-order valence-electron chi connectivity index (χ1n) is 8.78. The third-order valence-corrected chi connectivity index (χ3v) is 3.79. The van der Waals surface area contributed by atoms with E-state index in [1.807, 2.05) is 24.3 Å². The Balaban J connectivity index is 1.73. The molecule has 0 saturated heterocycles. The molecule has 0 fully saturated rings. The fourth-order valence-corrected chi connectivity index (χ4v) is 2.35. The largest absolute Gasteiger partial charge is 0.465 e. The van der Waals surface area contributed by atoms with Crippen LogP contribution >= 0.6 is 0 Å². The number of rotatable bonds is 9. The Morgan fingerprint density at radius 3 is 2.52 bits per heavy atom. The van der Waals surface area contributed by atoms with Crippen molar-refractivity contribution in [2.45, 2.75) is 13.8 Å². The molecule has 0 unspecified atom stereocenters. The second-order valence-electron chi connectivity index (χ2n) is 5.62. The number of benzene rings is 1. The molecule has 2 aromatic rings. The first kappa shape index (κ1) is 20.0. The Morgan fingerprint density at radius 2 is 1.89 bits per heavy atom. The molecule has 0 aliphatic carbocycles. The summed E-state index contributed by atoms with van der Waals surface area (Å²) in [6, 6.07) is 11.3. The number of anilines is 1. The van der Waals surface area contributed by atoms with Crippen molar-refractivity contribution in [3.05, 3.63) is 60.1 Å². The van der Waals surface area contributed by atoms with Crippen molar-refractivity contribution in [3.8, 4) is 0 Å². The summed E-state index contributed by atoms with van der Waals surface area (Å²) in [7, 11) is 0. The summed E-state index contributed by atoms with van der Waals surface area (Å²) < 4.78 is 5.07. The van der Waals surface area contributed by atoms with Crippen LogP contribution in [-0.2, 0) is 9.59 Å². The number of hydrazone groups is 1. The molecule has 0 saturated carbocycles. The van der Waals surface area contributed by atoms with Crippen LogP contribution in [0.1, 0.15) is 25.2 Å². The van der Waals surface area contributed by atoms with E-state index < -0.39 is 11.8 Å². The highest BCUT2D eigenvalue weighted by Gasteiger charge is 2.03. The van der Waals surface area contributed by atoms with Crippen molar-refractivity contribution in [1.82, 2.24) is 10.7 Å². The van der Waals surface area contributed by atoms with Crippen LogP contribution in [0.15, 0.2) is 58.3 Å². The van der Waals surface area contributed by atoms with Gasteiger partial charge in [-0.1, -0.05) is 12.1 Å². The van der Waals surface area contributed by atoms with Crippen LogP contribution < -0.4 is 15.6 Å². The van der Waals surface area contributed by atoms with Crippen LogP contribution in [-0.4, -0.2) is 37.7 Å². The lowest BCUT2D eigenvalue weighted by molar-refractivity contribution is -0.123. The van der Waals surface area contributed by atoms with Gasteiger partial charge in [0.1, 0.15) is 5.76 Å². The lowest BCUT2D eigenvalue weighted by Crippen LogP contribution is -2.34. The number of hydrogen-bond acceptors (Lipinski definition) is 5. The van der Waals surface area contributed by atoms with Crippen LogP contribution in [0.3, 0.4) is 0 Å². The maximum absolute atomic E-state index is 11.7. The summed E-state index contributed by atoms with van der Waals surface area (Å²) in [6.45, 7) is 5.95. The van der Waals surface area contributed by atoms with Gasteiger partial charge in [-0.3, -0.25) is 9.59 Å². The Kier molecular flexibility index (Phi) is 7.84. The monoisotopic (exact) mass is 368 g/mol. The van der Waals surface area contributed by atoms with Crippen LogP contribution in [0.25, 0.3) is 6.08 Å². The van der Waals surface area contributed by atoms with Gasteiger partial charge in [0, 0.05) is 24.9 Å². The molecular formula is C20H24N4O3. The van der Waals surface area contributed by atoms with Crippen molar-refractivity contribution < 1.29 is 14.0 Å². The molecule has 0 radical (unpaired) electrons. The highest BCUT2D eigenvalue weighted by Crippen LogP contribution is 2.13. The standard InChI is InChI=1S/C20H24N4O3/c1-3-24(4-2)17-9-7-16(8-10-17)14-22-23-20(26)15-21-19(25)12-11-18-6-5-13-27-18/h5-14H,3-4,15H2,1-2H3,(H,21,25)(H,23,26)/b12-11+,22-14?. The van der Waals surface area contributed by atoms with Crippen molar-refractivity contribution in [2.24, 2.45) is 5.10 Å². The number of carbonyl (C=O) groups is 2. The molecule has 0 aliphatic heterocycles. The SMILES string of the molecule is CCN(CC)c1ccc(C=NNC(=O)CNC(=O)/C=C/c2ccco2)cc1. The predicted octanol–water partition coefficient (Wildman–Crippen LogP) is 2.41. The zero-order chi connectivity index (χ0) is 19.5. The molecular weight excluding hydrogens is 344 g/mol. The maximum Gasteiger partial charge on any atom is 0.259 e. The summed E-state index contributed by atoms with van der Waals surface area (Å²) in [5.74, 6) is -0.241. The summed E-state index contributed by atoms with van der Waals surface area (Å²) in [4.78, 5) is 25.6. The van der Waals surface area contributed by atoms with E-state index in [9.17, 15) is 9.59 Å². The van der Waals surface area contributed by atoms with Gasteiger partial charge >= 0.3 is 0 Å². The van der Waals surface area contributed by atoms with Gasteiger partial charge in [-0.05, 0) is 49.8 Å². The molecule has 0 aliphatic rings. The normalized spacial score (nSPS) is 11.0. The van der Waals surface area contributed by atoms with Gasteiger partial charge in [0.15, 0.2) is 0 Å². The number of amides is 2. The summed E-state index contributed by atoms with van der Waals surface area (Å²) >= 11 is 0. The van der Waals surface area contributed by atoms with E-state index in [1.54, 1.807) is 18.3 Å². The van der Waals surface area contributed by atoms with Gasteiger partial charge in [-0.25, -0.2) is 5.43 Å². The van der Waals surface area contributed by atoms with Crippen LogP contribution in [0.4, 0.5) is 5.69 Å². The molecule has 142 valence electrons. The van der Waals surface area contributed by atoms with Crippen LogP contribution in [0, 0.1) is 0 Å². The summed E-state index contributed by atoms with van der Waals surface area (Å²) in [6.07, 6.45) is 5.89. The van der Waals surface area contributed by atoms with Crippen LogP contribution in [0.5, 0.6) is 0 Å². The van der Waals surface area contributed by atoms with E-state index in [4.69, 9.17) is 4.42 Å². The second-order valence-corrected chi connectivity index (χ2v) is 5.62.